The van der Waals surface area contributed by atoms with Gasteiger partial charge in [0, 0.05) is 19.7 Å². The van der Waals surface area contributed by atoms with Gasteiger partial charge in [-0.25, -0.2) is 4.79 Å². The highest BCUT2D eigenvalue weighted by molar-refractivity contribution is 9.10. The Kier molecular flexibility index (Phi) is 4.68. The molecule has 94 valence electrons. The molecular weight excluding hydrogens is 292 g/mol. The third kappa shape index (κ3) is 3.29. The molecular formula is C10H13BrN2O4. The second-order valence-corrected chi connectivity index (χ2v) is 4.31. The van der Waals surface area contributed by atoms with Gasteiger partial charge < -0.3 is 4.74 Å². The van der Waals surface area contributed by atoms with Crippen molar-refractivity contribution in [2.75, 3.05) is 0 Å². The van der Waals surface area contributed by atoms with Crippen LogP contribution in [0.15, 0.2) is 20.3 Å². The average Bonchev–Trinajstić information content (AvgIpc) is 2.27. The summed E-state index contributed by atoms with van der Waals surface area (Å²) in [5.41, 5.74) is -0.864. The summed E-state index contributed by atoms with van der Waals surface area (Å²) in [6.45, 7) is 3.25. The van der Waals surface area contributed by atoms with E-state index in [9.17, 15) is 14.4 Å². The third-order valence-corrected chi connectivity index (χ3v) is 2.59. The summed E-state index contributed by atoms with van der Waals surface area (Å²) in [5, 5.41) is 0. The number of carbonyl (C=O) groups is 1. The zero-order valence-corrected chi connectivity index (χ0v) is 11.2. The molecule has 0 atom stereocenters. The summed E-state index contributed by atoms with van der Waals surface area (Å²) in [4.78, 5) is 34.2. The van der Waals surface area contributed by atoms with Crippen molar-refractivity contribution in [3.63, 3.8) is 0 Å². The molecule has 1 heterocycles. The monoisotopic (exact) mass is 304 g/mol. The van der Waals surface area contributed by atoms with Crippen molar-refractivity contribution >= 4 is 21.9 Å². The Balaban J connectivity index is 3.20. The molecule has 7 heteroatoms. The van der Waals surface area contributed by atoms with Crippen molar-refractivity contribution in [2.45, 2.75) is 33.5 Å². The Morgan fingerprint density at radius 3 is 2.65 bits per heavy atom. The molecule has 0 aliphatic rings. The average molecular weight is 305 g/mol. The molecule has 0 bridgehead atoms. The standard InChI is InChI=1S/C10H13BrN2O4/c1-3-4-13-9(15)8(11)5-12(10(13)16)6-17-7(2)14/h5H,3-4,6H2,1-2H3. The van der Waals surface area contributed by atoms with Gasteiger partial charge >= 0.3 is 11.7 Å². The lowest BCUT2D eigenvalue weighted by Gasteiger charge is -2.10. The van der Waals surface area contributed by atoms with Crippen LogP contribution in [0, 0.1) is 0 Å². The second kappa shape index (κ2) is 5.81. The van der Waals surface area contributed by atoms with Crippen LogP contribution < -0.4 is 11.2 Å². The summed E-state index contributed by atoms with van der Waals surface area (Å²) in [6, 6.07) is 0. The van der Waals surface area contributed by atoms with Crippen LogP contribution in [0.5, 0.6) is 0 Å². The summed E-state index contributed by atoms with van der Waals surface area (Å²) < 4.78 is 7.26. The van der Waals surface area contributed by atoms with Crippen molar-refractivity contribution in [1.29, 1.82) is 0 Å². The van der Waals surface area contributed by atoms with E-state index >= 15 is 0 Å². The second-order valence-electron chi connectivity index (χ2n) is 3.45. The molecule has 0 N–H and O–H groups in total. The molecule has 0 saturated carbocycles. The smallest absolute Gasteiger partial charge is 0.333 e. The fourth-order valence-corrected chi connectivity index (χ4v) is 1.75. The van der Waals surface area contributed by atoms with Crippen LogP contribution in [0.25, 0.3) is 0 Å². The van der Waals surface area contributed by atoms with Gasteiger partial charge in [-0.1, -0.05) is 6.92 Å². The maximum absolute atomic E-state index is 11.9. The van der Waals surface area contributed by atoms with E-state index in [4.69, 9.17) is 4.74 Å². The first-order chi connectivity index (χ1) is 7.97. The molecule has 1 aromatic heterocycles. The van der Waals surface area contributed by atoms with Crippen LogP contribution in [-0.2, 0) is 22.8 Å². The highest BCUT2D eigenvalue weighted by Crippen LogP contribution is 2.00. The van der Waals surface area contributed by atoms with Gasteiger partial charge in [0.15, 0.2) is 6.73 Å². The number of ether oxygens (including phenoxy) is 1. The van der Waals surface area contributed by atoms with Crippen LogP contribution in [0.3, 0.4) is 0 Å². The van der Waals surface area contributed by atoms with E-state index in [1.54, 1.807) is 0 Å². The van der Waals surface area contributed by atoms with Gasteiger partial charge in [0.05, 0.1) is 4.47 Å². The fourth-order valence-electron chi connectivity index (χ4n) is 1.29. The van der Waals surface area contributed by atoms with Crippen LogP contribution in [-0.4, -0.2) is 15.1 Å². The summed E-state index contributed by atoms with van der Waals surface area (Å²) in [6.07, 6.45) is 1.99. The molecule has 1 aromatic rings. The van der Waals surface area contributed by atoms with E-state index in [-0.39, 0.29) is 16.8 Å². The Labute approximate surface area is 106 Å². The Morgan fingerprint density at radius 1 is 1.47 bits per heavy atom. The first kappa shape index (κ1) is 13.7. The van der Waals surface area contributed by atoms with Crippen LogP contribution in [0.1, 0.15) is 20.3 Å². The highest BCUT2D eigenvalue weighted by atomic mass is 79.9. The molecule has 0 unspecified atom stereocenters. The Bertz CT molecular complexity index is 532. The Hall–Kier alpha value is -1.37. The minimum absolute atomic E-state index is 0.198. The normalized spacial score (nSPS) is 10.3. The molecule has 0 radical (unpaired) electrons. The van der Waals surface area contributed by atoms with Gasteiger partial charge in [-0.3, -0.25) is 18.7 Å². The third-order valence-electron chi connectivity index (χ3n) is 2.05. The first-order valence-corrected chi connectivity index (χ1v) is 5.89. The topological polar surface area (TPSA) is 70.3 Å². The van der Waals surface area contributed by atoms with E-state index < -0.39 is 11.7 Å². The van der Waals surface area contributed by atoms with Gasteiger partial charge in [0.2, 0.25) is 0 Å². The molecule has 0 aromatic carbocycles. The molecule has 0 aliphatic heterocycles. The number of halogens is 1. The maximum Gasteiger partial charge on any atom is 0.333 e. The van der Waals surface area contributed by atoms with Crippen LogP contribution in [0.2, 0.25) is 0 Å². The van der Waals surface area contributed by atoms with Crippen molar-refractivity contribution in [3.8, 4) is 0 Å². The number of rotatable bonds is 4. The summed E-state index contributed by atoms with van der Waals surface area (Å²) in [7, 11) is 0. The molecule has 6 nitrogen and oxygen atoms in total. The van der Waals surface area contributed by atoms with Crippen LogP contribution in [0.4, 0.5) is 0 Å². The predicted molar refractivity (Wildman–Crippen MR) is 64.7 cm³/mol. The van der Waals surface area contributed by atoms with E-state index in [0.29, 0.717) is 13.0 Å². The quantitative estimate of drug-likeness (QED) is 0.768. The number of nitrogens with zero attached hydrogens (tertiary/aromatic N) is 2. The minimum atomic E-state index is -0.485. The first-order valence-electron chi connectivity index (χ1n) is 5.10. The molecule has 0 fully saturated rings. The maximum atomic E-state index is 11.9. The SMILES string of the molecule is CCCn1c(=O)c(Br)cn(COC(C)=O)c1=O. The molecule has 1 rings (SSSR count). The van der Waals surface area contributed by atoms with Crippen molar-refractivity contribution in [2.24, 2.45) is 0 Å². The number of carbonyl (C=O) groups excluding carboxylic acids is 1. The number of esters is 1. The van der Waals surface area contributed by atoms with Gasteiger partial charge in [-0.05, 0) is 22.4 Å². The van der Waals surface area contributed by atoms with Gasteiger partial charge in [-0.2, -0.15) is 0 Å². The van der Waals surface area contributed by atoms with Crippen LogP contribution >= 0.6 is 15.9 Å². The van der Waals surface area contributed by atoms with Gasteiger partial charge in [0.1, 0.15) is 0 Å². The fraction of sp³-hybridized carbons (Fsp3) is 0.500. The molecule has 0 aliphatic carbocycles. The zero-order valence-electron chi connectivity index (χ0n) is 9.60. The van der Waals surface area contributed by atoms with E-state index in [0.717, 1.165) is 4.57 Å². The number of hydrogen-bond acceptors (Lipinski definition) is 4. The number of hydrogen-bond donors (Lipinski definition) is 0. The van der Waals surface area contributed by atoms with Crippen molar-refractivity contribution < 1.29 is 9.53 Å². The highest BCUT2D eigenvalue weighted by Gasteiger charge is 2.09. The molecule has 0 spiro atoms. The minimum Gasteiger partial charge on any atom is -0.444 e. The molecule has 0 saturated heterocycles. The zero-order chi connectivity index (χ0) is 13.0. The van der Waals surface area contributed by atoms with Gasteiger partial charge in [0.25, 0.3) is 5.56 Å². The summed E-state index contributed by atoms with van der Waals surface area (Å²) >= 11 is 3.07. The van der Waals surface area contributed by atoms with E-state index in [1.807, 2.05) is 6.92 Å². The lowest BCUT2D eigenvalue weighted by Crippen LogP contribution is -2.40. The summed E-state index contributed by atoms with van der Waals surface area (Å²) in [5.74, 6) is -0.485. The van der Waals surface area contributed by atoms with Crippen molar-refractivity contribution in [3.05, 3.63) is 31.5 Å². The predicted octanol–water partition coefficient (Wildman–Crippen LogP) is 0.703. The lowest BCUT2D eigenvalue weighted by molar-refractivity contribution is -0.144. The van der Waals surface area contributed by atoms with E-state index in [1.165, 1.54) is 17.7 Å². The number of aromatic nitrogens is 2. The molecule has 0 amide bonds. The Morgan fingerprint density at radius 2 is 2.12 bits per heavy atom. The van der Waals surface area contributed by atoms with Crippen molar-refractivity contribution in [1.82, 2.24) is 9.13 Å². The van der Waals surface area contributed by atoms with E-state index in [2.05, 4.69) is 15.9 Å². The largest absolute Gasteiger partial charge is 0.444 e. The molecule has 17 heavy (non-hydrogen) atoms. The van der Waals surface area contributed by atoms with Gasteiger partial charge in [-0.15, -0.1) is 0 Å². The lowest BCUT2D eigenvalue weighted by atomic mass is 10.4.